The van der Waals surface area contributed by atoms with Gasteiger partial charge in [0.1, 0.15) is 10.9 Å². The van der Waals surface area contributed by atoms with Gasteiger partial charge >= 0.3 is 5.97 Å². The van der Waals surface area contributed by atoms with E-state index in [-0.39, 0.29) is 17.7 Å². The van der Waals surface area contributed by atoms with Crippen molar-refractivity contribution in [2.24, 2.45) is 5.92 Å². The lowest BCUT2D eigenvalue weighted by atomic mass is 10.0. The monoisotopic (exact) mass is 429 g/mol. The number of nitrogens with zero attached hydrogens (tertiary/aromatic N) is 2. The van der Waals surface area contributed by atoms with Crippen LogP contribution in [0.2, 0.25) is 0 Å². The number of hydrogen-bond donors (Lipinski definition) is 1. The Hall–Kier alpha value is -3.07. The fourth-order valence-electron chi connectivity index (χ4n) is 3.29. The minimum atomic E-state index is -0.993. The molecule has 30 heavy (non-hydrogen) atoms. The molecular weight excluding hydrogens is 406 g/mol. The number of benzene rings is 1. The molecular formula is C21H23N3O5S. The van der Waals surface area contributed by atoms with Crippen LogP contribution in [-0.4, -0.2) is 46.2 Å². The highest BCUT2D eigenvalue weighted by molar-refractivity contribution is 7.17. The number of aromatic nitrogens is 1. The molecule has 8 nitrogen and oxygen atoms in total. The van der Waals surface area contributed by atoms with E-state index in [0.29, 0.717) is 28.1 Å². The fraction of sp³-hybridized carbons (Fsp3) is 0.381. The smallest absolute Gasteiger partial charge is 0.350 e. The number of fused-ring (bicyclic) bond motifs is 1. The molecule has 1 aromatic carbocycles. The molecule has 0 saturated carbocycles. The van der Waals surface area contributed by atoms with Gasteiger partial charge in [0.15, 0.2) is 5.13 Å². The predicted octanol–water partition coefficient (Wildman–Crippen LogP) is 3.28. The highest BCUT2D eigenvalue weighted by atomic mass is 32.1. The number of ether oxygens (including phenoxy) is 1. The third kappa shape index (κ3) is 4.11. The van der Waals surface area contributed by atoms with Gasteiger partial charge in [-0.2, -0.15) is 0 Å². The summed E-state index contributed by atoms with van der Waals surface area (Å²) in [6, 6.07) is 5.53. The Balaban J connectivity index is 1.86. The Bertz CT molecular complexity index is 979. The molecule has 1 N–H and O–H groups in total. The first kappa shape index (κ1) is 21.6. The van der Waals surface area contributed by atoms with E-state index in [1.54, 1.807) is 38.1 Å². The lowest BCUT2D eigenvalue weighted by molar-refractivity contribution is -0.120. The van der Waals surface area contributed by atoms with Crippen LogP contribution in [0.4, 0.5) is 5.13 Å². The summed E-state index contributed by atoms with van der Waals surface area (Å²) < 4.78 is 4.99. The normalized spacial score (nSPS) is 14.1. The number of nitrogens with one attached hydrogen (secondary N) is 1. The lowest BCUT2D eigenvalue weighted by Crippen LogP contribution is -2.47. The molecule has 1 aliphatic heterocycles. The molecule has 2 aromatic rings. The maximum absolute atomic E-state index is 13.1. The van der Waals surface area contributed by atoms with E-state index < -0.39 is 29.7 Å². The number of amides is 3. The zero-order chi connectivity index (χ0) is 22.0. The maximum Gasteiger partial charge on any atom is 0.350 e. The molecule has 9 heteroatoms. The standard InChI is InChI=1S/C21H23N3O5S/c1-5-29-20(28)16-12(4)22-21(30-16)23-17(25)15(10-11(2)3)24-18(26)13-8-6-7-9-14(13)19(24)27/h6-9,11,15H,5,10H2,1-4H3,(H,22,23,25). The van der Waals surface area contributed by atoms with Crippen molar-refractivity contribution < 1.29 is 23.9 Å². The summed E-state index contributed by atoms with van der Waals surface area (Å²) in [6.45, 7) is 7.40. The Morgan fingerprint density at radius 2 is 1.77 bits per heavy atom. The number of carbonyl (C=O) groups is 4. The highest BCUT2D eigenvalue weighted by Gasteiger charge is 2.43. The number of rotatable bonds is 7. The molecule has 0 spiro atoms. The second kappa shape index (κ2) is 8.74. The first-order valence-electron chi connectivity index (χ1n) is 9.66. The Kier molecular flexibility index (Phi) is 6.31. The second-order valence-electron chi connectivity index (χ2n) is 7.31. The van der Waals surface area contributed by atoms with Crippen LogP contribution < -0.4 is 5.32 Å². The largest absolute Gasteiger partial charge is 0.462 e. The number of hydrogen-bond acceptors (Lipinski definition) is 7. The minimum Gasteiger partial charge on any atom is -0.462 e. The van der Waals surface area contributed by atoms with Crippen LogP contribution in [-0.2, 0) is 9.53 Å². The van der Waals surface area contributed by atoms with E-state index in [1.807, 2.05) is 13.8 Å². The van der Waals surface area contributed by atoms with Gasteiger partial charge in [-0.05, 0) is 38.3 Å². The topological polar surface area (TPSA) is 106 Å². The van der Waals surface area contributed by atoms with E-state index in [2.05, 4.69) is 10.3 Å². The third-order valence-electron chi connectivity index (χ3n) is 4.62. The number of imide groups is 1. The molecule has 158 valence electrons. The summed E-state index contributed by atoms with van der Waals surface area (Å²) >= 11 is 0.998. The molecule has 0 fully saturated rings. The zero-order valence-electron chi connectivity index (χ0n) is 17.2. The summed E-state index contributed by atoms with van der Waals surface area (Å²) in [5, 5.41) is 2.88. The SMILES string of the molecule is CCOC(=O)c1sc(NC(=O)C(CC(C)C)N2C(=O)c3ccccc3C2=O)nc1C. The van der Waals surface area contributed by atoms with Crippen molar-refractivity contribution in [1.29, 1.82) is 0 Å². The summed E-state index contributed by atoms with van der Waals surface area (Å²) in [5.74, 6) is -1.95. The summed E-state index contributed by atoms with van der Waals surface area (Å²) in [4.78, 5) is 56.3. The Morgan fingerprint density at radius 3 is 2.30 bits per heavy atom. The maximum atomic E-state index is 13.1. The van der Waals surface area contributed by atoms with E-state index in [0.717, 1.165) is 16.2 Å². The van der Waals surface area contributed by atoms with Crippen LogP contribution >= 0.6 is 11.3 Å². The average Bonchev–Trinajstić information content (AvgIpc) is 3.18. The van der Waals surface area contributed by atoms with E-state index >= 15 is 0 Å². The van der Waals surface area contributed by atoms with Crippen molar-refractivity contribution in [2.45, 2.75) is 40.2 Å². The average molecular weight is 429 g/mol. The minimum absolute atomic E-state index is 0.0539. The predicted molar refractivity (Wildman–Crippen MR) is 112 cm³/mol. The van der Waals surface area contributed by atoms with Crippen LogP contribution in [0.25, 0.3) is 0 Å². The van der Waals surface area contributed by atoms with Crippen molar-refractivity contribution in [1.82, 2.24) is 9.88 Å². The molecule has 3 amide bonds. The summed E-state index contributed by atoms with van der Waals surface area (Å²) in [6.07, 6.45) is 0.298. The van der Waals surface area contributed by atoms with Crippen molar-refractivity contribution in [3.05, 3.63) is 46.0 Å². The highest BCUT2D eigenvalue weighted by Crippen LogP contribution is 2.29. The number of carbonyl (C=O) groups excluding carboxylic acids is 4. The van der Waals surface area contributed by atoms with E-state index in [9.17, 15) is 19.2 Å². The lowest BCUT2D eigenvalue weighted by Gasteiger charge is -2.26. The van der Waals surface area contributed by atoms with Crippen LogP contribution in [0.15, 0.2) is 24.3 Å². The molecule has 0 radical (unpaired) electrons. The Morgan fingerprint density at radius 1 is 1.17 bits per heavy atom. The van der Waals surface area contributed by atoms with Crippen molar-refractivity contribution in [2.75, 3.05) is 11.9 Å². The third-order valence-corrected chi connectivity index (χ3v) is 5.67. The number of anilines is 1. The van der Waals surface area contributed by atoms with Gasteiger partial charge in [-0.1, -0.05) is 37.3 Å². The van der Waals surface area contributed by atoms with Crippen molar-refractivity contribution in [3.8, 4) is 0 Å². The molecule has 0 bridgehead atoms. The molecule has 1 aromatic heterocycles. The molecule has 1 atom stereocenters. The number of aryl methyl sites for hydroxylation is 1. The van der Waals surface area contributed by atoms with Crippen LogP contribution in [0.5, 0.6) is 0 Å². The zero-order valence-corrected chi connectivity index (χ0v) is 18.0. The Labute approximate surface area is 178 Å². The van der Waals surface area contributed by atoms with E-state index in [4.69, 9.17) is 4.74 Å². The van der Waals surface area contributed by atoms with Gasteiger partial charge in [0.2, 0.25) is 5.91 Å². The summed E-state index contributed by atoms with van der Waals surface area (Å²) in [5.41, 5.74) is 1.02. The van der Waals surface area contributed by atoms with Gasteiger partial charge in [0.25, 0.3) is 11.8 Å². The number of thiazole rings is 1. The van der Waals surface area contributed by atoms with Crippen LogP contribution in [0.1, 0.15) is 63.3 Å². The summed E-state index contributed by atoms with van der Waals surface area (Å²) in [7, 11) is 0. The molecule has 1 unspecified atom stereocenters. The van der Waals surface area contributed by atoms with E-state index in [1.165, 1.54) is 0 Å². The molecule has 0 aliphatic carbocycles. The van der Waals surface area contributed by atoms with Gasteiger partial charge in [-0.25, -0.2) is 9.78 Å². The first-order valence-corrected chi connectivity index (χ1v) is 10.5. The van der Waals surface area contributed by atoms with Crippen LogP contribution in [0.3, 0.4) is 0 Å². The number of esters is 1. The van der Waals surface area contributed by atoms with Crippen molar-refractivity contribution in [3.63, 3.8) is 0 Å². The molecule has 3 rings (SSSR count). The second-order valence-corrected chi connectivity index (χ2v) is 8.31. The quantitative estimate of drug-likeness (QED) is 0.535. The van der Waals surface area contributed by atoms with Crippen molar-refractivity contribution >= 4 is 40.2 Å². The molecule has 2 heterocycles. The fourth-order valence-corrected chi connectivity index (χ4v) is 4.15. The van der Waals surface area contributed by atoms with Gasteiger partial charge in [-0.3, -0.25) is 19.3 Å². The van der Waals surface area contributed by atoms with Gasteiger partial charge < -0.3 is 10.1 Å². The van der Waals surface area contributed by atoms with Gasteiger partial charge in [0, 0.05) is 0 Å². The molecule has 1 aliphatic rings. The first-order chi connectivity index (χ1) is 14.2. The van der Waals surface area contributed by atoms with Crippen LogP contribution in [0, 0.1) is 12.8 Å². The molecule has 0 saturated heterocycles. The van der Waals surface area contributed by atoms with Gasteiger partial charge in [0.05, 0.1) is 23.4 Å². The van der Waals surface area contributed by atoms with Gasteiger partial charge in [-0.15, -0.1) is 0 Å².